The predicted molar refractivity (Wildman–Crippen MR) is 165 cm³/mol. The van der Waals surface area contributed by atoms with Gasteiger partial charge in [0.25, 0.3) is 0 Å². The van der Waals surface area contributed by atoms with Crippen LogP contribution in [-0.4, -0.2) is 67.8 Å². The first-order chi connectivity index (χ1) is 20.3. The number of rotatable bonds is 5. The molecule has 3 aromatic carbocycles. The van der Waals surface area contributed by atoms with Crippen LogP contribution in [0.3, 0.4) is 0 Å². The lowest BCUT2D eigenvalue weighted by Gasteiger charge is -2.27. The lowest BCUT2D eigenvalue weighted by Crippen LogP contribution is -2.36. The van der Waals surface area contributed by atoms with E-state index in [-0.39, 0.29) is 18.0 Å². The lowest BCUT2D eigenvalue weighted by atomic mass is 9.91. The zero-order valence-electron chi connectivity index (χ0n) is 24.6. The summed E-state index contributed by atoms with van der Waals surface area (Å²) in [5, 5.41) is 4.28. The summed E-state index contributed by atoms with van der Waals surface area (Å²) in [6, 6.07) is 23.7. The Bertz CT molecular complexity index is 1560. The molecule has 0 bridgehead atoms. The smallest absolute Gasteiger partial charge is 0.246 e. The number of nitrogens with zero attached hydrogens (tertiary/aromatic N) is 4. The fraction of sp³-hybridized carbons (Fsp3) is 0.364. The van der Waals surface area contributed by atoms with Gasteiger partial charge in [-0.15, -0.1) is 0 Å². The maximum absolute atomic E-state index is 14.3. The third kappa shape index (κ3) is 7.03. The molecule has 1 aliphatic rings. The molecule has 0 radical (unpaired) electrons. The van der Waals surface area contributed by atoms with Gasteiger partial charge in [0.15, 0.2) is 0 Å². The van der Waals surface area contributed by atoms with E-state index in [1.54, 1.807) is 45.6 Å². The molecule has 0 spiro atoms. The van der Waals surface area contributed by atoms with Gasteiger partial charge in [-0.05, 0) is 81.6 Å². The van der Waals surface area contributed by atoms with Gasteiger partial charge in [-0.1, -0.05) is 48.0 Å². The molecule has 8 nitrogen and oxygen atoms in total. The van der Waals surface area contributed by atoms with Crippen molar-refractivity contribution in [3.05, 3.63) is 102 Å². The molecule has 1 atom stereocenters. The van der Waals surface area contributed by atoms with Crippen LogP contribution in [0, 0.1) is 6.92 Å². The Morgan fingerprint density at radius 1 is 0.952 bits per heavy atom. The molecular weight excluding hydrogens is 548 g/mol. The maximum atomic E-state index is 14.3. The van der Waals surface area contributed by atoms with Crippen LogP contribution in [0.2, 0.25) is 0 Å². The number of hydrogen-bond acceptors (Lipinski definition) is 6. The molecule has 9 heteroatoms. The minimum absolute atomic E-state index is 0.122. The standard InChI is InChI=1S/C33H40N4O4S/c1-26-12-14-31-29(23-26)25-35(2)20-16-28(27-9-5-4-6-10-27)11-7-18-36(21-22-41-31)42(38,39)33-24-30(13-15-32(33)40-3)37-19-8-17-34-37/h4-6,8-10,12-15,17,19,23-24,28H,7,11,16,18,20-22,25H2,1-3H3. The highest BCUT2D eigenvalue weighted by Gasteiger charge is 2.29. The molecule has 1 aliphatic heterocycles. The second-order valence-corrected chi connectivity index (χ2v) is 12.8. The summed E-state index contributed by atoms with van der Waals surface area (Å²) in [5.74, 6) is 1.42. The highest BCUT2D eigenvalue weighted by Crippen LogP contribution is 2.31. The third-order valence-electron chi connectivity index (χ3n) is 7.88. The molecule has 4 aromatic rings. The molecule has 222 valence electrons. The number of hydrogen-bond donors (Lipinski definition) is 0. The van der Waals surface area contributed by atoms with Gasteiger partial charge in [-0.25, -0.2) is 13.1 Å². The van der Waals surface area contributed by atoms with Gasteiger partial charge >= 0.3 is 0 Å². The molecule has 0 N–H and O–H groups in total. The SMILES string of the molecule is COc1ccc(-n2cccn2)cc1S(=O)(=O)N1CCCC(c2ccccc2)CCN(C)Cc2cc(C)ccc2OCC1. The van der Waals surface area contributed by atoms with Crippen molar-refractivity contribution in [1.29, 1.82) is 0 Å². The van der Waals surface area contributed by atoms with E-state index >= 15 is 0 Å². The minimum Gasteiger partial charge on any atom is -0.495 e. The predicted octanol–water partition coefficient (Wildman–Crippen LogP) is 5.66. The number of methoxy groups -OCH3 is 1. The molecule has 2 heterocycles. The number of aryl methyl sites for hydroxylation is 1. The van der Waals surface area contributed by atoms with Gasteiger partial charge in [0.1, 0.15) is 23.0 Å². The summed E-state index contributed by atoms with van der Waals surface area (Å²) in [4.78, 5) is 2.47. The molecule has 5 rings (SSSR count). The van der Waals surface area contributed by atoms with Gasteiger partial charge in [0.05, 0.1) is 12.8 Å². The lowest BCUT2D eigenvalue weighted by molar-refractivity contribution is 0.252. The van der Waals surface area contributed by atoms with Crippen LogP contribution in [-0.2, 0) is 16.6 Å². The van der Waals surface area contributed by atoms with Gasteiger partial charge in [0, 0.05) is 37.6 Å². The molecule has 1 unspecified atom stereocenters. The Balaban J connectivity index is 1.48. The molecule has 0 fully saturated rings. The average Bonchev–Trinajstić information content (AvgIpc) is 3.54. The molecule has 0 saturated heterocycles. The van der Waals surface area contributed by atoms with Crippen LogP contribution < -0.4 is 9.47 Å². The van der Waals surface area contributed by atoms with Gasteiger partial charge < -0.3 is 14.4 Å². The highest BCUT2D eigenvalue weighted by molar-refractivity contribution is 7.89. The topological polar surface area (TPSA) is 76.9 Å². The normalized spacial score (nSPS) is 18.0. The molecule has 1 aromatic heterocycles. The molecular formula is C33H40N4O4S. The van der Waals surface area contributed by atoms with Crippen LogP contribution in [0.15, 0.2) is 90.1 Å². The average molecular weight is 589 g/mol. The molecule has 0 aliphatic carbocycles. The van der Waals surface area contributed by atoms with Crippen molar-refractivity contribution >= 4 is 10.0 Å². The number of aromatic nitrogens is 2. The van der Waals surface area contributed by atoms with E-state index in [1.165, 1.54) is 18.2 Å². The van der Waals surface area contributed by atoms with Crippen molar-refractivity contribution < 1.29 is 17.9 Å². The first-order valence-electron chi connectivity index (χ1n) is 14.5. The summed E-state index contributed by atoms with van der Waals surface area (Å²) in [5.41, 5.74) is 4.21. The van der Waals surface area contributed by atoms with Gasteiger partial charge in [-0.3, -0.25) is 0 Å². The van der Waals surface area contributed by atoms with Crippen molar-refractivity contribution in [2.24, 2.45) is 0 Å². The van der Waals surface area contributed by atoms with Crippen molar-refractivity contribution in [3.63, 3.8) is 0 Å². The number of sulfonamides is 1. The zero-order valence-corrected chi connectivity index (χ0v) is 25.5. The summed E-state index contributed by atoms with van der Waals surface area (Å²) in [6.45, 7) is 4.60. The summed E-state index contributed by atoms with van der Waals surface area (Å²) < 4.78 is 43.5. The third-order valence-corrected chi connectivity index (χ3v) is 9.80. The zero-order chi connectivity index (χ0) is 29.5. The van der Waals surface area contributed by atoms with Crippen molar-refractivity contribution in [1.82, 2.24) is 19.0 Å². The number of benzene rings is 3. The Morgan fingerprint density at radius 2 is 1.79 bits per heavy atom. The number of fused-ring (bicyclic) bond motifs is 1. The Labute approximate surface area is 249 Å². The Kier molecular flexibility index (Phi) is 9.62. The molecule has 42 heavy (non-hydrogen) atoms. The van der Waals surface area contributed by atoms with Crippen molar-refractivity contribution in [2.45, 2.75) is 43.5 Å². The Hall–Kier alpha value is -3.66. The van der Waals surface area contributed by atoms with E-state index in [0.29, 0.717) is 23.9 Å². The fourth-order valence-corrected chi connectivity index (χ4v) is 7.25. The molecule has 0 saturated carbocycles. The maximum Gasteiger partial charge on any atom is 0.246 e. The van der Waals surface area contributed by atoms with Crippen LogP contribution in [0.5, 0.6) is 11.5 Å². The largest absolute Gasteiger partial charge is 0.495 e. The van der Waals surface area contributed by atoms with E-state index in [0.717, 1.165) is 43.7 Å². The summed E-state index contributed by atoms with van der Waals surface area (Å²) in [6.07, 6.45) is 6.03. The second kappa shape index (κ2) is 13.5. The van der Waals surface area contributed by atoms with E-state index in [1.807, 2.05) is 18.2 Å². The van der Waals surface area contributed by atoms with E-state index in [2.05, 4.69) is 54.3 Å². The van der Waals surface area contributed by atoms with Crippen LogP contribution in [0.1, 0.15) is 41.9 Å². The van der Waals surface area contributed by atoms with E-state index in [4.69, 9.17) is 9.47 Å². The van der Waals surface area contributed by atoms with E-state index in [9.17, 15) is 8.42 Å². The fourth-order valence-electron chi connectivity index (χ4n) is 5.62. The minimum atomic E-state index is -3.92. The highest BCUT2D eigenvalue weighted by atomic mass is 32.2. The van der Waals surface area contributed by atoms with Gasteiger partial charge in [0.2, 0.25) is 10.0 Å². The van der Waals surface area contributed by atoms with Crippen molar-refractivity contribution in [3.8, 4) is 17.2 Å². The first kappa shape index (κ1) is 29.8. The summed E-state index contributed by atoms with van der Waals surface area (Å²) in [7, 11) is -0.273. The second-order valence-electron chi connectivity index (χ2n) is 10.9. The van der Waals surface area contributed by atoms with Crippen molar-refractivity contribution in [2.75, 3.05) is 40.4 Å². The van der Waals surface area contributed by atoms with Crippen LogP contribution in [0.4, 0.5) is 0 Å². The monoisotopic (exact) mass is 588 g/mol. The number of ether oxygens (including phenoxy) is 2. The Morgan fingerprint density at radius 3 is 2.55 bits per heavy atom. The van der Waals surface area contributed by atoms with Crippen LogP contribution in [0.25, 0.3) is 5.69 Å². The van der Waals surface area contributed by atoms with Gasteiger partial charge in [-0.2, -0.15) is 9.40 Å². The quantitative estimate of drug-likeness (QED) is 0.300. The van der Waals surface area contributed by atoms with E-state index < -0.39 is 10.0 Å². The summed E-state index contributed by atoms with van der Waals surface area (Å²) >= 11 is 0. The molecule has 0 amide bonds. The first-order valence-corrected chi connectivity index (χ1v) is 15.9. The van der Waals surface area contributed by atoms with Crippen LogP contribution >= 0.6 is 0 Å².